The van der Waals surface area contributed by atoms with Crippen LogP contribution in [0.4, 0.5) is 4.79 Å². The average molecular weight is 222 g/mol. The third-order valence-corrected chi connectivity index (χ3v) is 2.23. The highest BCUT2D eigenvalue weighted by Gasteiger charge is 2.06. The van der Waals surface area contributed by atoms with Gasteiger partial charge in [0.05, 0.1) is 6.10 Å². The van der Waals surface area contributed by atoms with Crippen molar-refractivity contribution in [1.82, 2.24) is 10.6 Å². The minimum Gasteiger partial charge on any atom is -0.388 e. The quantitative estimate of drug-likeness (QED) is 0.705. The van der Waals surface area contributed by atoms with Crippen molar-refractivity contribution >= 4 is 6.03 Å². The fourth-order valence-electron chi connectivity index (χ4n) is 1.39. The van der Waals surface area contributed by atoms with Crippen LogP contribution in [0, 0.1) is 0 Å². The molecular formula is C12H18N2O2. The standard InChI is InChI=1S/C12H18N2O2/c1-2-13-12(16)14-9-8-11(15)10-6-4-3-5-7-10/h3-7,11,15H,2,8-9H2,1H3,(H2,13,14,16). The molecule has 1 rings (SSSR count). The molecule has 2 amide bonds. The van der Waals surface area contributed by atoms with Crippen LogP contribution in [0.2, 0.25) is 0 Å². The summed E-state index contributed by atoms with van der Waals surface area (Å²) in [6, 6.07) is 9.23. The van der Waals surface area contributed by atoms with E-state index in [4.69, 9.17) is 0 Å². The molecule has 0 aliphatic rings. The van der Waals surface area contributed by atoms with Gasteiger partial charge in [-0.2, -0.15) is 0 Å². The molecule has 88 valence electrons. The van der Waals surface area contributed by atoms with E-state index in [0.717, 1.165) is 5.56 Å². The van der Waals surface area contributed by atoms with Gasteiger partial charge in [-0.05, 0) is 18.9 Å². The van der Waals surface area contributed by atoms with Crippen LogP contribution in [-0.2, 0) is 0 Å². The lowest BCUT2D eigenvalue weighted by Crippen LogP contribution is -2.36. The van der Waals surface area contributed by atoms with E-state index in [1.807, 2.05) is 37.3 Å². The predicted octanol–water partition coefficient (Wildman–Crippen LogP) is 1.43. The molecule has 1 unspecified atom stereocenters. The summed E-state index contributed by atoms with van der Waals surface area (Å²) in [5.74, 6) is 0. The molecule has 1 atom stereocenters. The lowest BCUT2D eigenvalue weighted by Gasteiger charge is -2.11. The van der Waals surface area contributed by atoms with Gasteiger partial charge >= 0.3 is 6.03 Å². The van der Waals surface area contributed by atoms with Crippen LogP contribution in [-0.4, -0.2) is 24.2 Å². The van der Waals surface area contributed by atoms with Crippen molar-refractivity contribution < 1.29 is 9.90 Å². The number of rotatable bonds is 5. The van der Waals surface area contributed by atoms with Crippen LogP contribution < -0.4 is 10.6 Å². The number of carbonyl (C=O) groups is 1. The van der Waals surface area contributed by atoms with Crippen molar-refractivity contribution in [3.8, 4) is 0 Å². The van der Waals surface area contributed by atoms with E-state index in [9.17, 15) is 9.90 Å². The zero-order valence-electron chi connectivity index (χ0n) is 9.44. The Kier molecular flexibility index (Phi) is 5.36. The first-order valence-electron chi connectivity index (χ1n) is 5.48. The molecule has 3 N–H and O–H groups in total. The van der Waals surface area contributed by atoms with Crippen LogP contribution in [0.1, 0.15) is 25.0 Å². The highest BCUT2D eigenvalue weighted by Crippen LogP contribution is 2.14. The van der Waals surface area contributed by atoms with E-state index in [1.165, 1.54) is 0 Å². The molecule has 0 heterocycles. The summed E-state index contributed by atoms with van der Waals surface area (Å²) in [4.78, 5) is 11.1. The van der Waals surface area contributed by atoms with Gasteiger partial charge in [-0.1, -0.05) is 30.3 Å². The maximum absolute atomic E-state index is 11.1. The Hall–Kier alpha value is -1.55. The summed E-state index contributed by atoms with van der Waals surface area (Å²) in [7, 11) is 0. The second-order valence-corrected chi connectivity index (χ2v) is 3.50. The van der Waals surface area contributed by atoms with Gasteiger partial charge in [-0.3, -0.25) is 0 Å². The molecule has 0 saturated carbocycles. The summed E-state index contributed by atoms with van der Waals surface area (Å²) in [5.41, 5.74) is 0.875. The largest absolute Gasteiger partial charge is 0.388 e. The first kappa shape index (κ1) is 12.5. The van der Waals surface area contributed by atoms with Crippen molar-refractivity contribution in [3.05, 3.63) is 35.9 Å². The average Bonchev–Trinajstić information content (AvgIpc) is 2.30. The van der Waals surface area contributed by atoms with Gasteiger partial charge < -0.3 is 15.7 Å². The number of carbonyl (C=O) groups excluding carboxylic acids is 1. The van der Waals surface area contributed by atoms with E-state index in [0.29, 0.717) is 19.5 Å². The van der Waals surface area contributed by atoms with Gasteiger partial charge in [-0.15, -0.1) is 0 Å². The van der Waals surface area contributed by atoms with E-state index < -0.39 is 6.10 Å². The Morgan fingerprint density at radius 2 is 2.00 bits per heavy atom. The van der Waals surface area contributed by atoms with Crippen molar-refractivity contribution in [2.24, 2.45) is 0 Å². The molecule has 1 aromatic rings. The van der Waals surface area contributed by atoms with Crippen molar-refractivity contribution in [2.75, 3.05) is 13.1 Å². The first-order valence-corrected chi connectivity index (χ1v) is 5.48. The molecule has 1 aromatic carbocycles. The number of aliphatic hydroxyl groups excluding tert-OH is 1. The van der Waals surface area contributed by atoms with Crippen molar-refractivity contribution in [1.29, 1.82) is 0 Å². The van der Waals surface area contributed by atoms with Crippen LogP contribution >= 0.6 is 0 Å². The van der Waals surface area contributed by atoms with E-state index in [1.54, 1.807) is 0 Å². The van der Waals surface area contributed by atoms with Crippen LogP contribution in [0.25, 0.3) is 0 Å². The number of nitrogens with one attached hydrogen (secondary N) is 2. The van der Waals surface area contributed by atoms with Gasteiger partial charge in [0.25, 0.3) is 0 Å². The minimum absolute atomic E-state index is 0.192. The highest BCUT2D eigenvalue weighted by molar-refractivity contribution is 5.73. The molecule has 4 nitrogen and oxygen atoms in total. The fourth-order valence-corrected chi connectivity index (χ4v) is 1.39. The number of hydrogen-bond donors (Lipinski definition) is 3. The number of urea groups is 1. The molecule has 0 aliphatic carbocycles. The second-order valence-electron chi connectivity index (χ2n) is 3.50. The monoisotopic (exact) mass is 222 g/mol. The number of benzene rings is 1. The molecule has 16 heavy (non-hydrogen) atoms. The Labute approximate surface area is 95.7 Å². The summed E-state index contributed by atoms with van der Waals surface area (Å²) in [5, 5.41) is 15.1. The second kappa shape index (κ2) is 6.85. The molecule has 0 aromatic heterocycles. The van der Waals surface area contributed by atoms with Crippen molar-refractivity contribution in [3.63, 3.8) is 0 Å². The molecule has 4 heteroatoms. The van der Waals surface area contributed by atoms with Gasteiger partial charge in [0.1, 0.15) is 0 Å². The molecule has 0 bridgehead atoms. The lowest BCUT2D eigenvalue weighted by atomic mass is 10.1. The van der Waals surface area contributed by atoms with Crippen LogP contribution in [0.3, 0.4) is 0 Å². The molecule has 0 fully saturated rings. The topological polar surface area (TPSA) is 61.4 Å². The molecule has 0 saturated heterocycles. The van der Waals surface area contributed by atoms with E-state index in [-0.39, 0.29) is 6.03 Å². The van der Waals surface area contributed by atoms with Crippen LogP contribution in [0.15, 0.2) is 30.3 Å². The normalized spacial score (nSPS) is 11.9. The third-order valence-electron chi connectivity index (χ3n) is 2.23. The molecule has 0 aliphatic heterocycles. The first-order chi connectivity index (χ1) is 7.74. The van der Waals surface area contributed by atoms with Crippen LogP contribution in [0.5, 0.6) is 0 Å². The maximum atomic E-state index is 11.1. The number of amides is 2. The summed E-state index contributed by atoms with van der Waals surface area (Å²) in [6.07, 6.45) is -0.00986. The van der Waals surface area contributed by atoms with Crippen molar-refractivity contribution in [2.45, 2.75) is 19.4 Å². The molecule has 0 spiro atoms. The summed E-state index contributed by atoms with van der Waals surface area (Å²) < 4.78 is 0. The molecular weight excluding hydrogens is 204 g/mol. The smallest absolute Gasteiger partial charge is 0.314 e. The number of aliphatic hydroxyl groups is 1. The Balaban J connectivity index is 2.26. The highest BCUT2D eigenvalue weighted by atomic mass is 16.3. The zero-order valence-corrected chi connectivity index (χ0v) is 9.44. The van der Waals surface area contributed by atoms with Gasteiger partial charge in [0.2, 0.25) is 0 Å². The van der Waals surface area contributed by atoms with Gasteiger partial charge in [0.15, 0.2) is 0 Å². The third kappa shape index (κ3) is 4.31. The SMILES string of the molecule is CCNC(=O)NCCC(O)c1ccccc1. The van der Waals surface area contributed by atoms with Gasteiger partial charge in [0, 0.05) is 13.1 Å². The maximum Gasteiger partial charge on any atom is 0.314 e. The minimum atomic E-state index is -0.525. The van der Waals surface area contributed by atoms with E-state index in [2.05, 4.69) is 10.6 Å². The lowest BCUT2D eigenvalue weighted by molar-refractivity contribution is 0.167. The Morgan fingerprint density at radius 1 is 1.31 bits per heavy atom. The Morgan fingerprint density at radius 3 is 2.62 bits per heavy atom. The zero-order chi connectivity index (χ0) is 11.8. The summed E-state index contributed by atoms with van der Waals surface area (Å²) in [6.45, 7) is 2.92. The summed E-state index contributed by atoms with van der Waals surface area (Å²) >= 11 is 0. The molecule has 0 radical (unpaired) electrons. The van der Waals surface area contributed by atoms with E-state index >= 15 is 0 Å². The predicted molar refractivity (Wildman–Crippen MR) is 63.1 cm³/mol. The Bertz CT molecular complexity index is 314. The van der Waals surface area contributed by atoms with Gasteiger partial charge in [-0.25, -0.2) is 4.79 Å². The fraction of sp³-hybridized carbons (Fsp3) is 0.417. The number of hydrogen-bond acceptors (Lipinski definition) is 2.